The minimum Gasteiger partial charge on any atom is -0.333 e. The molecule has 0 amide bonds. The molecule has 4 heteroatoms. The zero-order valence-electron chi connectivity index (χ0n) is 6.66. The lowest BCUT2D eigenvalue weighted by molar-refractivity contribution is 0.950. The molecular weight excluding hydrogens is 218 g/mol. The van der Waals surface area contributed by atoms with Crippen molar-refractivity contribution in [2.75, 3.05) is 18.5 Å². The van der Waals surface area contributed by atoms with Crippen LogP contribution in [0, 0.1) is 12.3 Å². The van der Waals surface area contributed by atoms with Gasteiger partial charge in [0.1, 0.15) is 0 Å². The molecule has 0 radical (unpaired) electrons. The Morgan fingerprint density at radius 3 is 2.67 bits per heavy atom. The molecule has 0 aliphatic rings. The topological polar surface area (TPSA) is 29.0 Å². The summed E-state index contributed by atoms with van der Waals surface area (Å²) in [7, 11) is 1.85. The van der Waals surface area contributed by atoms with Gasteiger partial charge < -0.3 is 4.90 Å². The normalized spacial score (nSPS) is 9.08. The summed E-state index contributed by atoms with van der Waals surface area (Å²) in [5.74, 6) is 3.15. The van der Waals surface area contributed by atoms with E-state index in [1.165, 1.54) is 0 Å². The molecule has 0 fully saturated rings. The number of nitrogens with zero attached hydrogens (tertiary/aromatic N) is 3. The van der Waals surface area contributed by atoms with Crippen molar-refractivity contribution >= 4 is 21.9 Å². The van der Waals surface area contributed by atoms with E-state index in [-0.39, 0.29) is 0 Å². The average molecular weight is 226 g/mol. The van der Waals surface area contributed by atoms with Gasteiger partial charge in [0, 0.05) is 19.4 Å². The summed E-state index contributed by atoms with van der Waals surface area (Å²) in [6.07, 6.45) is 8.52. The number of hydrogen-bond donors (Lipinski definition) is 0. The van der Waals surface area contributed by atoms with Crippen LogP contribution in [-0.4, -0.2) is 23.6 Å². The van der Waals surface area contributed by atoms with Crippen LogP contribution in [0.2, 0.25) is 0 Å². The lowest BCUT2D eigenvalue weighted by Gasteiger charge is -2.12. The molecule has 3 nitrogen and oxygen atoms in total. The molecule has 1 aromatic rings. The largest absolute Gasteiger partial charge is 0.333 e. The monoisotopic (exact) mass is 225 g/mol. The second kappa shape index (κ2) is 4.07. The fourth-order valence-corrected chi connectivity index (χ4v) is 0.915. The van der Waals surface area contributed by atoms with Gasteiger partial charge in [0.2, 0.25) is 5.95 Å². The highest BCUT2D eigenvalue weighted by molar-refractivity contribution is 9.10. The Morgan fingerprint density at radius 1 is 1.58 bits per heavy atom. The van der Waals surface area contributed by atoms with Crippen molar-refractivity contribution in [3.8, 4) is 12.3 Å². The van der Waals surface area contributed by atoms with Gasteiger partial charge in [-0.25, -0.2) is 9.97 Å². The van der Waals surface area contributed by atoms with E-state index in [4.69, 9.17) is 6.42 Å². The van der Waals surface area contributed by atoms with Gasteiger partial charge in [-0.1, -0.05) is 5.92 Å². The highest BCUT2D eigenvalue weighted by atomic mass is 79.9. The van der Waals surface area contributed by atoms with Gasteiger partial charge in [-0.3, -0.25) is 0 Å². The Hall–Kier alpha value is -1.08. The van der Waals surface area contributed by atoms with E-state index in [0.717, 1.165) is 4.47 Å². The highest BCUT2D eigenvalue weighted by Gasteiger charge is 2.00. The van der Waals surface area contributed by atoms with E-state index in [9.17, 15) is 0 Å². The Bertz CT molecular complexity index is 288. The fraction of sp³-hybridized carbons (Fsp3) is 0.250. The van der Waals surface area contributed by atoms with Crippen molar-refractivity contribution in [1.82, 2.24) is 9.97 Å². The van der Waals surface area contributed by atoms with Crippen LogP contribution in [0.5, 0.6) is 0 Å². The molecule has 0 saturated heterocycles. The number of halogens is 1. The second-order valence-electron chi connectivity index (χ2n) is 2.26. The molecule has 0 spiro atoms. The number of terminal acetylenes is 1. The number of rotatable bonds is 2. The first-order valence-electron chi connectivity index (χ1n) is 3.36. The third-order valence-electron chi connectivity index (χ3n) is 1.28. The number of anilines is 1. The Morgan fingerprint density at radius 2 is 2.17 bits per heavy atom. The minimum atomic E-state index is 0.516. The zero-order chi connectivity index (χ0) is 8.97. The predicted octanol–water partition coefficient (Wildman–Crippen LogP) is 1.31. The third-order valence-corrected chi connectivity index (χ3v) is 1.69. The minimum absolute atomic E-state index is 0.516. The second-order valence-corrected chi connectivity index (χ2v) is 3.18. The van der Waals surface area contributed by atoms with Gasteiger partial charge in [0.25, 0.3) is 0 Å². The number of aromatic nitrogens is 2. The SMILES string of the molecule is C#CCN(C)c1ncc(Br)cn1. The smallest absolute Gasteiger partial charge is 0.225 e. The Labute approximate surface area is 80.0 Å². The third kappa shape index (κ3) is 2.21. The molecule has 1 aromatic heterocycles. The first kappa shape index (κ1) is 9.01. The zero-order valence-corrected chi connectivity index (χ0v) is 8.24. The summed E-state index contributed by atoms with van der Waals surface area (Å²) < 4.78 is 0.861. The van der Waals surface area contributed by atoms with Crippen LogP contribution in [0.25, 0.3) is 0 Å². The first-order valence-corrected chi connectivity index (χ1v) is 4.15. The molecule has 0 N–H and O–H groups in total. The van der Waals surface area contributed by atoms with Gasteiger partial charge in [0.05, 0.1) is 11.0 Å². The van der Waals surface area contributed by atoms with Gasteiger partial charge in [-0.2, -0.15) is 0 Å². The van der Waals surface area contributed by atoms with Crippen LogP contribution in [0.4, 0.5) is 5.95 Å². The maximum Gasteiger partial charge on any atom is 0.225 e. The van der Waals surface area contributed by atoms with Crippen molar-refractivity contribution < 1.29 is 0 Å². The van der Waals surface area contributed by atoms with E-state index in [1.807, 2.05) is 7.05 Å². The van der Waals surface area contributed by atoms with Crippen LogP contribution in [0.15, 0.2) is 16.9 Å². The molecule has 0 atom stereocenters. The first-order chi connectivity index (χ1) is 5.74. The fourth-order valence-electron chi connectivity index (χ4n) is 0.710. The predicted molar refractivity (Wildman–Crippen MR) is 51.8 cm³/mol. The summed E-state index contributed by atoms with van der Waals surface area (Å²) in [4.78, 5) is 9.94. The van der Waals surface area contributed by atoms with E-state index in [1.54, 1.807) is 17.3 Å². The molecule has 0 aromatic carbocycles. The van der Waals surface area contributed by atoms with Crippen molar-refractivity contribution in [3.63, 3.8) is 0 Å². The Balaban J connectivity index is 2.76. The van der Waals surface area contributed by atoms with Crippen molar-refractivity contribution in [1.29, 1.82) is 0 Å². The quantitative estimate of drug-likeness (QED) is 0.712. The maximum atomic E-state index is 5.14. The van der Waals surface area contributed by atoms with Crippen LogP contribution in [-0.2, 0) is 0 Å². The van der Waals surface area contributed by atoms with E-state index < -0.39 is 0 Å². The molecule has 0 aliphatic heterocycles. The average Bonchev–Trinajstić information content (AvgIpc) is 2.06. The number of hydrogen-bond acceptors (Lipinski definition) is 3. The lowest BCUT2D eigenvalue weighted by Crippen LogP contribution is -2.19. The van der Waals surface area contributed by atoms with Crippen molar-refractivity contribution in [2.45, 2.75) is 0 Å². The molecule has 12 heavy (non-hydrogen) atoms. The van der Waals surface area contributed by atoms with E-state index in [0.29, 0.717) is 12.5 Å². The summed E-state index contributed by atoms with van der Waals surface area (Å²) >= 11 is 3.25. The van der Waals surface area contributed by atoms with Crippen molar-refractivity contribution in [2.24, 2.45) is 0 Å². The maximum absolute atomic E-state index is 5.14. The van der Waals surface area contributed by atoms with E-state index in [2.05, 4.69) is 31.8 Å². The van der Waals surface area contributed by atoms with Gasteiger partial charge in [-0.05, 0) is 15.9 Å². The summed E-state index contributed by atoms with van der Waals surface area (Å²) in [5, 5.41) is 0. The van der Waals surface area contributed by atoms with Crippen LogP contribution in [0.1, 0.15) is 0 Å². The van der Waals surface area contributed by atoms with Gasteiger partial charge >= 0.3 is 0 Å². The standard InChI is InChI=1S/C8H8BrN3/c1-3-4-12(2)8-10-5-7(9)6-11-8/h1,5-6H,4H2,2H3. The molecule has 1 heterocycles. The Kier molecular flexibility index (Phi) is 3.06. The molecule has 0 bridgehead atoms. The molecule has 1 rings (SSSR count). The van der Waals surface area contributed by atoms with Crippen molar-refractivity contribution in [3.05, 3.63) is 16.9 Å². The summed E-state index contributed by atoms with van der Waals surface area (Å²) in [6.45, 7) is 0.516. The molecule has 0 aliphatic carbocycles. The highest BCUT2D eigenvalue weighted by Crippen LogP contribution is 2.08. The molecule has 62 valence electrons. The van der Waals surface area contributed by atoms with E-state index >= 15 is 0 Å². The van der Waals surface area contributed by atoms with Crippen LogP contribution >= 0.6 is 15.9 Å². The summed E-state index contributed by atoms with van der Waals surface area (Å²) in [6, 6.07) is 0. The molecule has 0 saturated carbocycles. The van der Waals surface area contributed by atoms with Gasteiger partial charge in [0.15, 0.2) is 0 Å². The lowest BCUT2D eigenvalue weighted by atomic mass is 10.6. The van der Waals surface area contributed by atoms with Crippen LogP contribution in [0.3, 0.4) is 0 Å². The molecular formula is C8H8BrN3. The van der Waals surface area contributed by atoms with Gasteiger partial charge in [-0.15, -0.1) is 6.42 Å². The van der Waals surface area contributed by atoms with Crippen LogP contribution < -0.4 is 4.90 Å². The molecule has 0 unspecified atom stereocenters. The summed E-state index contributed by atoms with van der Waals surface area (Å²) in [5.41, 5.74) is 0.